The van der Waals surface area contributed by atoms with E-state index in [0.29, 0.717) is 47.0 Å². The van der Waals surface area contributed by atoms with Gasteiger partial charge in [0.1, 0.15) is 0 Å². The Kier molecular flexibility index (Phi) is 4.74. The lowest BCUT2D eigenvalue weighted by atomic mass is 9.95. The second kappa shape index (κ2) is 8.14. The normalized spacial score (nSPS) is 17.1. The van der Waals surface area contributed by atoms with Gasteiger partial charge >= 0.3 is 0 Å². The molecule has 2 aromatic carbocycles. The second-order valence-electron chi connectivity index (χ2n) is 6.47. The highest BCUT2D eigenvalue weighted by molar-refractivity contribution is 7.98. The molecule has 3 rings (SSSR count). The molecule has 0 fully saturated rings. The van der Waals surface area contributed by atoms with Crippen LogP contribution in [0, 0.1) is 0 Å². The lowest BCUT2D eigenvalue weighted by Crippen LogP contribution is -2.26. The molecule has 2 aromatic rings. The van der Waals surface area contributed by atoms with Gasteiger partial charge in [-0.25, -0.2) is 0 Å². The maximum Gasteiger partial charge on any atom is 0.217 e. The highest BCUT2D eigenvalue weighted by atomic mass is 32.2. The number of phenolic OH excluding ortho intramolecular Hbond substituents is 1. The Hall–Kier alpha value is -2.67. The van der Waals surface area contributed by atoms with Crippen LogP contribution in [0.15, 0.2) is 34.0 Å². The van der Waals surface area contributed by atoms with E-state index in [0.717, 1.165) is 5.56 Å². The van der Waals surface area contributed by atoms with Gasteiger partial charge in [0.2, 0.25) is 11.7 Å². The molecule has 0 saturated heterocycles. The Balaban J connectivity index is 2.37. The number of thioether (sulfide) groups is 1. The van der Waals surface area contributed by atoms with Crippen molar-refractivity contribution in [3.05, 3.63) is 45.6 Å². The monoisotopic (exact) mass is 404 g/mol. The fourth-order valence-electron chi connectivity index (χ4n) is 3.64. The molecule has 0 unspecified atom stereocenters. The van der Waals surface area contributed by atoms with Crippen LogP contribution in [-0.2, 0) is 11.2 Å². The van der Waals surface area contributed by atoms with E-state index in [1.54, 1.807) is 12.1 Å². The van der Waals surface area contributed by atoms with Crippen LogP contribution in [0.2, 0.25) is 0 Å². The molecule has 0 bridgehead atoms. The Morgan fingerprint density at radius 3 is 2.68 bits per heavy atom. The minimum Gasteiger partial charge on any atom is -0.504 e. The Morgan fingerprint density at radius 2 is 2.04 bits per heavy atom. The number of fused-ring (bicyclic) bond motifs is 3. The minimum atomic E-state index is -2.38. The number of nitrogens with one attached hydrogen (secondary N) is 1. The summed E-state index contributed by atoms with van der Waals surface area (Å²) in [4.78, 5) is 24.8. The maximum absolute atomic E-state index is 12.9. The van der Waals surface area contributed by atoms with Crippen LogP contribution in [0.25, 0.3) is 11.1 Å². The zero-order valence-electron chi connectivity index (χ0n) is 18.8. The molecule has 148 valence electrons. The molecule has 28 heavy (non-hydrogen) atoms. The Bertz CT molecular complexity index is 1090. The number of methoxy groups -OCH3 is 2. The first-order valence-corrected chi connectivity index (χ1v) is 9.49. The molecule has 0 heterocycles. The number of phenols is 1. The van der Waals surface area contributed by atoms with E-state index >= 15 is 0 Å². The Labute approximate surface area is 172 Å². The van der Waals surface area contributed by atoms with Crippen molar-refractivity contribution >= 4 is 17.7 Å². The molecule has 0 saturated carbocycles. The van der Waals surface area contributed by atoms with E-state index < -0.39 is 17.7 Å². The van der Waals surface area contributed by atoms with Gasteiger partial charge in [-0.2, -0.15) is 0 Å². The Morgan fingerprint density at radius 1 is 1.29 bits per heavy atom. The molecular formula is C21H23NO5S. The van der Waals surface area contributed by atoms with Crippen molar-refractivity contribution in [1.29, 1.82) is 0 Å². The molecule has 7 heteroatoms. The van der Waals surface area contributed by atoms with Gasteiger partial charge in [-0.1, -0.05) is 6.07 Å². The van der Waals surface area contributed by atoms with Gasteiger partial charge in [-0.05, 0) is 53.9 Å². The standard InChI is InChI=1S/C21H23NO5S/c1-11(23)22-15-7-5-12-9-17(25)20(26-2)21(27-3)19(12)13-6-8-18(28-4)16(24)10-14(13)15/h6,8-10,15,25H,5,7H2,1-4H3,(H,22,23)/t15-/m0/s1/i4D3. The predicted molar refractivity (Wildman–Crippen MR) is 110 cm³/mol. The zero-order valence-corrected chi connectivity index (χ0v) is 16.6. The largest absolute Gasteiger partial charge is 0.504 e. The van der Waals surface area contributed by atoms with E-state index in [1.165, 1.54) is 33.3 Å². The number of carbonyl (C=O) groups excluding carboxylic acids is 1. The van der Waals surface area contributed by atoms with Gasteiger partial charge in [0.25, 0.3) is 0 Å². The van der Waals surface area contributed by atoms with Crippen molar-refractivity contribution < 1.29 is 23.5 Å². The average molecular weight is 405 g/mol. The second-order valence-corrected chi connectivity index (χ2v) is 7.11. The van der Waals surface area contributed by atoms with E-state index in [-0.39, 0.29) is 22.3 Å². The molecule has 1 aliphatic rings. The number of aryl methyl sites for hydroxylation is 1. The number of benzene rings is 1. The summed E-state index contributed by atoms with van der Waals surface area (Å²) in [5.41, 5.74) is 2.07. The molecule has 6 nitrogen and oxygen atoms in total. The number of hydrogen-bond acceptors (Lipinski definition) is 6. The minimum absolute atomic E-state index is 0.0703. The van der Waals surface area contributed by atoms with Crippen molar-refractivity contribution in [2.24, 2.45) is 0 Å². The van der Waals surface area contributed by atoms with Crippen molar-refractivity contribution in [1.82, 2.24) is 5.32 Å². The maximum atomic E-state index is 12.9. The van der Waals surface area contributed by atoms with E-state index in [9.17, 15) is 14.7 Å². The number of aromatic hydroxyl groups is 1. The van der Waals surface area contributed by atoms with Crippen LogP contribution >= 0.6 is 11.8 Å². The van der Waals surface area contributed by atoms with Crippen LogP contribution < -0.4 is 20.2 Å². The van der Waals surface area contributed by atoms with Gasteiger partial charge in [0.15, 0.2) is 16.9 Å². The third-order valence-electron chi connectivity index (χ3n) is 4.78. The first-order valence-electron chi connectivity index (χ1n) is 10.2. The van der Waals surface area contributed by atoms with Gasteiger partial charge < -0.3 is 19.9 Å². The molecule has 1 amide bonds. The zero-order chi connectivity index (χ0) is 22.9. The third kappa shape index (κ3) is 3.54. The molecule has 0 aliphatic heterocycles. The smallest absolute Gasteiger partial charge is 0.217 e. The molecule has 0 radical (unpaired) electrons. The summed E-state index contributed by atoms with van der Waals surface area (Å²) in [7, 11) is 2.86. The summed E-state index contributed by atoms with van der Waals surface area (Å²) >= 11 is 0.505. The molecule has 0 spiro atoms. The highest BCUT2D eigenvalue weighted by Gasteiger charge is 2.28. The molecule has 1 aliphatic carbocycles. The van der Waals surface area contributed by atoms with Crippen LogP contribution in [-0.4, -0.2) is 31.4 Å². The molecule has 2 N–H and O–H groups in total. The SMILES string of the molecule is [2H]C([2H])([2H])Sc1ccc2c(cc1=O)[C@@H](NC(C)=O)CCc1cc(O)c(OC)c(OC)c1-2. The first-order chi connectivity index (χ1) is 14.6. The van der Waals surface area contributed by atoms with Crippen molar-refractivity contribution in [3.63, 3.8) is 0 Å². The molecular weight excluding hydrogens is 378 g/mol. The number of rotatable bonds is 4. The van der Waals surface area contributed by atoms with E-state index in [4.69, 9.17) is 13.6 Å². The summed E-state index contributed by atoms with van der Waals surface area (Å²) in [5, 5.41) is 13.3. The van der Waals surface area contributed by atoms with Crippen LogP contribution in [0.4, 0.5) is 0 Å². The van der Waals surface area contributed by atoms with E-state index in [1.807, 2.05) is 0 Å². The summed E-state index contributed by atoms with van der Waals surface area (Å²) in [6.07, 6.45) is -1.41. The number of ether oxygens (including phenoxy) is 2. The highest BCUT2D eigenvalue weighted by Crippen LogP contribution is 2.49. The lowest BCUT2D eigenvalue weighted by molar-refractivity contribution is -0.119. The van der Waals surface area contributed by atoms with Gasteiger partial charge in [-0.15, -0.1) is 11.8 Å². The first kappa shape index (κ1) is 16.3. The summed E-state index contributed by atoms with van der Waals surface area (Å²) < 4.78 is 33.4. The van der Waals surface area contributed by atoms with Gasteiger partial charge in [0, 0.05) is 16.6 Å². The van der Waals surface area contributed by atoms with E-state index in [2.05, 4.69) is 5.32 Å². The van der Waals surface area contributed by atoms with Crippen molar-refractivity contribution in [2.45, 2.75) is 30.7 Å². The fraction of sp³-hybridized carbons (Fsp3) is 0.333. The van der Waals surface area contributed by atoms with Gasteiger partial charge in [0.05, 0.1) is 25.2 Å². The van der Waals surface area contributed by atoms with Crippen LogP contribution in [0.3, 0.4) is 0 Å². The summed E-state index contributed by atoms with van der Waals surface area (Å²) in [6, 6.07) is 5.60. The average Bonchev–Trinajstić information content (AvgIpc) is 2.90. The number of hydrogen-bond donors (Lipinski definition) is 2. The molecule has 1 atom stereocenters. The number of amides is 1. The van der Waals surface area contributed by atoms with Crippen LogP contribution in [0.5, 0.6) is 17.2 Å². The summed E-state index contributed by atoms with van der Waals surface area (Å²) in [5.74, 6) is 0.105. The topological polar surface area (TPSA) is 84.9 Å². The molecule has 0 aromatic heterocycles. The quantitative estimate of drug-likeness (QED) is 0.761. The van der Waals surface area contributed by atoms with Crippen LogP contribution in [0.1, 0.15) is 34.6 Å². The van der Waals surface area contributed by atoms with Crippen molar-refractivity contribution in [2.75, 3.05) is 20.4 Å². The predicted octanol–water partition coefficient (Wildman–Crippen LogP) is 3.28. The summed E-state index contributed by atoms with van der Waals surface area (Å²) in [6.45, 7) is 1.39. The number of carbonyl (C=O) groups is 1. The lowest BCUT2D eigenvalue weighted by Gasteiger charge is -2.18. The van der Waals surface area contributed by atoms with Gasteiger partial charge in [-0.3, -0.25) is 9.59 Å². The van der Waals surface area contributed by atoms with Crippen molar-refractivity contribution in [3.8, 4) is 28.4 Å². The third-order valence-corrected chi connectivity index (χ3v) is 5.34. The fourth-order valence-corrected chi connectivity index (χ4v) is 3.94.